The van der Waals surface area contributed by atoms with Gasteiger partial charge in [-0.25, -0.2) is 4.68 Å². The summed E-state index contributed by atoms with van der Waals surface area (Å²) in [5.41, 5.74) is 6.91. The molecule has 2 aromatic carbocycles. The van der Waals surface area contributed by atoms with Crippen LogP contribution in [-0.4, -0.2) is 20.7 Å². The molecule has 0 radical (unpaired) electrons. The largest absolute Gasteiger partial charge is 0.320 e. The van der Waals surface area contributed by atoms with Gasteiger partial charge >= 0.3 is 0 Å². The zero-order valence-corrected chi connectivity index (χ0v) is 16.7. The molecule has 0 saturated carbocycles. The summed E-state index contributed by atoms with van der Waals surface area (Å²) in [6.07, 6.45) is 5.15. The van der Waals surface area contributed by atoms with Crippen LogP contribution >= 0.6 is 0 Å². The molecule has 1 amide bonds. The first-order chi connectivity index (χ1) is 14.0. The van der Waals surface area contributed by atoms with Crippen molar-refractivity contribution in [1.29, 1.82) is 0 Å². The molecule has 0 unspecified atom stereocenters. The molecule has 0 aliphatic heterocycles. The van der Waals surface area contributed by atoms with Crippen molar-refractivity contribution in [3.8, 4) is 16.9 Å². The number of hydrogen-bond donors (Lipinski definition) is 1. The second kappa shape index (κ2) is 7.72. The quantitative estimate of drug-likeness (QED) is 0.533. The third kappa shape index (κ3) is 3.80. The number of nitrogens with zero attached hydrogens (tertiary/aromatic N) is 3. The fourth-order valence-electron chi connectivity index (χ4n) is 3.32. The first kappa shape index (κ1) is 18.6. The fourth-order valence-corrected chi connectivity index (χ4v) is 3.32. The van der Waals surface area contributed by atoms with Gasteiger partial charge in [0.2, 0.25) is 0 Å². The van der Waals surface area contributed by atoms with Gasteiger partial charge in [0.15, 0.2) is 0 Å². The van der Waals surface area contributed by atoms with Crippen molar-refractivity contribution < 1.29 is 4.79 Å². The van der Waals surface area contributed by atoms with Crippen molar-refractivity contribution in [1.82, 2.24) is 14.8 Å². The summed E-state index contributed by atoms with van der Waals surface area (Å²) in [5.74, 6) is -0.210. The summed E-state index contributed by atoms with van der Waals surface area (Å²) >= 11 is 0. The van der Waals surface area contributed by atoms with Gasteiger partial charge in [0.1, 0.15) is 5.69 Å². The summed E-state index contributed by atoms with van der Waals surface area (Å²) in [4.78, 5) is 17.3. The number of aromatic nitrogens is 3. The predicted molar refractivity (Wildman–Crippen MR) is 115 cm³/mol. The minimum atomic E-state index is -0.210. The number of carbonyl (C=O) groups is 1. The van der Waals surface area contributed by atoms with Gasteiger partial charge in [-0.1, -0.05) is 42.0 Å². The molecule has 5 nitrogen and oxygen atoms in total. The Morgan fingerprint density at radius 3 is 2.48 bits per heavy atom. The first-order valence-corrected chi connectivity index (χ1v) is 9.47. The van der Waals surface area contributed by atoms with Gasteiger partial charge in [0, 0.05) is 18.0 Å². The van der Waals surface area contributed by atoms with Crippen LogP contribution in [0.2, 0.25) is 0 Å². The van der Waals surface area contributed by atoms with Crippen LogP contribution in [0.15, 0.2) is 73.2 Å². The summed E-state index contributed by atoms with van der Waals surface area (Å²) in [5, 5.41) is 7.74. The van der Waals surface area contributed by atoms with Crippen molar-refractivity contribution in [2.24, 2.45) is 0 Å². The SMILES string of the molecule is Cc1ccc(-c2nn(-c3ccccc3)cc2C(=O)Nc2cnccc2C)c(C)c1. The zero-order valence-electron chi connectivity index (χ0n) is 16.7. The molecule has 144 valence electrons. The van der Waals surface area contributed by atoms with Gasteiger partial charge in [0.05, 0.1) is 23.1 Å². The molecule has 0 atom stereocenters. The smallest absolute Gasteiger partial charge is 0.259 e. The lowest BCUT2D eigenvalue weighted by atomic mass is 10.0. The Labute approximate surface area is 170 Å². The number of pyridine rings is 1. The Balaban J connectivity index is 1.82. The number of amides is 1. The molecular weight excluding hydrogens is 360 g/mol. The van der Waals surface area contributed by atoms with Crippen molar-refractivity contribution >= 4 is 11.6 Å². The highest BCUT2D eigenvalue weighted by molar-refractivity contribution is 6.08. The van der Waals surface area contributed by atoms with Gasteiger partial charge in [-0.15, -0.1) is 0 Å². The van der Waals surface area contributed by atoms with E-state index >= 15 is 0 Å². The summed E-state index contributed by atoms with van der Waals surface area (Å²) in [6, 6.07) is 17.8. The Kier molecular flexibility index (Phi) is 4.96. The molecule has 0 spiro atoms. The minimum absolute atomic E-state index is 0.210. The van der Waals surface area contributed by atoms with E-state index in [1.54, 1.807) is 23.3 Å². The van der Waals surface area contributed by atoms with E-state index in [9.17, 15) is 4.79 Å². The van der Waals surface area contributed by atoms with E-state index in [-0.39, 0.29) is 5.91 Å². The van der Waals surface area contributed by atoms with Crippen LogP contribution in [0, 0.1) is 20.8 Å². The summed E-state index contributed by atoms with van der Waals surface area (Å²) in [7, 11) is 0. The van der Waals surface area contributed by atoms with Crippen molar-refractivity contribution in [2.45, 2.75) is 20.8 Å². The number of carbonyl (C=O) groups excluding carboxylic acids is 1. The van der Waals surface area contributed by atoms with Gasteiger partial charge in [-0.2, -0.15) is 5.10 Å². The van der Waals surface area contributed by atoms with E-state index in [2.05, 4.69) is 23.3 Å². The number of benzene rings is 2. The predicted octanol–water partition coefficient (Wildman–Crippen LogP) is 5.11. The van der Waals surface area contributed by atoms with Gasteiger partial charge in [-0.05, 0) is 50.1 Å². The van der Waals surface area contributed by atoms with E-state index in [0.29, 0.717) is 16.9 Å². The lowest BCUT2D eigenvalue weighted by Gasteiger charge is -2.09. The molecule has 0 fully saturated rings. The topological polar surface area (TPSA) is 59.8 Å². The highest BCUT2D eigenvalue weighted by atomic mass is 16.1. The number of aryl methyl sites for hydroxylation is 3. The third-order valence-electron chi connectivity index (χ3n) is 4.90. The fraction of sp³-hybridized carbons (Fsp3) is 0.125. The summed E-state index contributed by atoms with van der Waals surface area (Å²) in [6.45, 7) is 6.03. The molecule has 4 rings (SSSR count). The van der Waals surface area contributed by atoms with Crippen LogP contribution in [0.4, 0.5) is 5.69 Å². The lowest BCUT2D eigenvalue weighted by Crippen LogP contribution is -2.13. The molecule has 1 N–H and O–H groups in total. The maximum atomic E-state index is 13.2. The molecular formula is C24H22N4O. The van der Waals surface area contributed by atoms with E-state index in [0.717, 1.165) is 22.4 Å². The van der Waals surface area contributed by atoms with Crippen molar-refractivity contribution in [3.05, 3.63) is 95.4 Å². The van der Waals surface area contributed by atoms with E-state index in [1.807, 2.05) is 62.4 Å². The Morgan fingerprint density at radius 2 is 1.76 bits per heavy atom. The number of nitrogens with one attached hydrogen (secondary N) is 1. The van der Waals surface area contributed by atoms with Gasteiger partial charge in [-0.3, -0.25) is 9.78 Å². The van der Waals surface area contributed by atoms with E-state index in [4.69, 9.17) is 5.10 Å². The third-order valence-corrected chi connectivity index (χ3v) is 4.90. The van der Waals surface area contributed by atoms with Crippen LogP contribution in [0.25, 0.3) is 16.9 Å². The average molecular weight is 382 g/mol. The Morgan fingerprint density at radius 1 is 0.966 bits per heavy atom. The lowest BCUT2D eigenvalue weighted by molar-refractivity contribution is 0.102. The van der Waals surface area contributed by atoms with Crippen molar-refractivity contribution in [2.75, 3.05) is 5.32 Å². The number of hydrogen-bond acceptors (Lipinski definition) is 3. The molecule has 2 aromatic heterocycles. The van der Waals surface area contributed by atoms with E-state index in [1.165, 1.54) is 5.56 Å². The molecule has 29 heavy (non-hydrogen) atoms. The van der Waals surface area contributed by atoms with E-state index < -0.39 is 0 Å². The highest BCUT2D eigenvalue weighted by Crippen LogP contribution is 2.28. The Bertz CT molecular complexity index is 1180. The minimum Gasteiger partial charge on any atom is -0.320 e. The molecule has 0 saturated heterocycles. The second-order valence-corrected chi connectivity index (χ2v) is 7.13. The maximum absolute atomic E-state index is 13.2. The molecule has 0 aliphatic rings. The summed E-state index contributed by atoms with van der Waals surface area (Å²) < 4.78 is 1.75. The number of anilines is 1. The van der Waals surface area contributed by atoms with Crippen molar-refractivity contribution in [3.63, 3.8) is 0 Å². The molecule has 0 bridgehead atoms. The molecule has 2 heterocycles. The average Bonchev–Trinajstić information content (AvgIpc) is 3.16. The number of para-hydroxylation sites is 1. The molecule has 0 aliphatic carbocycles. The second-order valence-electron chi connectivity index (χ2n) is 7.13. The van der Waals surface area contributed by atoms with Crippen LogP contribution in [0.1, 0.15) is 27.0 Å². The van der Waals surface area contributed by atoms with Crippen LogP contribution < -0.4 is 5.32 Å². The Hall–Kier alpha value is -3.73. The molecule has 4 aromatic rings. The zero-order chi connectivity index (χ0) is 20.4. The van der Waals surface area contributed by atoms with Crippen LogP contribution in [0.3, 0.4) is 0 Å². The molecule has 5 heteroatoms. The first-order valence-electron chi connectivity index (χ1n) is 9.47. The highest BCUT2D eigenvalue weighted by Gasteiger charge is 2.20. The maximum Gasteiger partial charge on any atom is 0.259 e. The normalized spacial score (nSPS) is 10.7. The van der Waals surface area contributed by atoms with Gasteiger partial charge in [0.25, 0.3) is 5.91 Å². The monoisotopic (exact) mass is 382 g/mol. The van der Waals surface area contributed by atoms with Crippen LogP contribution in [0.5, 0.6) is 0 Å². The van der Waals surface area contributed by atoms with Gasteiger partial charge < -0.3 is 5.32 Å². The number of rotatable bonds is 4. The van der Waals surface area contributed by atoms with Crippen LogP contribution in [-0.2, 0) is 0 Å². The standard InChI is InChI=1S/C24H22N4O/c1-16-9-10-20(18(3)13-16)23-21(15-28(27-23)19-7-5-4-6-8-19)24(29)26-22-14-25-12-11-17(22)2/h4-15H,1-3H3,(H,26,29).